The van der Waals surface area contributed by atoms with Gasteiger partial charge in [-0.2, -0.15) is 0 Å². The molecule has 0 aromatic carbocycles. The number of furan rings is 1. The van der Waals surface area contributed by atoms with Crippen LogP contribution in [0.25, 0.3) is 0 Å². The molecule has 0 radical (unpaired) electrons. The first kappa shape index (κ1) is 13.6. The molecular formula is C13H18N2O4. The van der Waals surface area contributed by atoms with Crippen molar-refractivity contribution in [1.82, 2.24) is 10.2 Å². The molecule has 104 valence electrons. The van der Waals surface area contributed by atoms with Crippen LogP contribution >= 0.6 is 0 Å². The summed E-state index contributed by atoms with van der Waals surface area (Å²) in [5.41, 5.74) is 0.186. The lowest BCUT2D eigenvalue weighted by atomic mass is 10.2. The van der Waals surface area contributed by atoms with E-state index in [4.69, 9.17) is 9.52 Å². The topological polar surface area (TPSA) is 82.8 Å². The fourth-order valence-electron chi connectivity index (χ4n) is 2.51. The summed E-state index contributed by atoms with van der Waals surface area (Å²) in [6.45, 7) is 2.92. The Morgan fingerprint density at radius 1 is 1.58 bits per heavy atom. The van der Waals surface area contributed by atoms with E-state index in [0.29, 0.717) is 18.1 Å². The molecule has 1 amide bonds. The van der Waals surface area contributed by atoms with Crippen molar-refractivity contribution < 1.29 is 19.1 Å². The van der Waals surface area contributed by atoms with Crippen molar-refractivity contribution in [2.24, 2.45) is 0 Å². The summed E-state index contributed by atoms with van der Waals surface area (Å²) in [5.74, 6) is -0.0000904. The van der Waals surface area contributed by atoms with Crippen LogP contribution in [0.3, 0.4) is 0 Å². The van der Waals surface area contributed by atoms with Crippen molar-refractivity contribution in [2.45, 2.75) is 32.4 Å². The molecule has 1 saturated heterocycles. The molecule has 0 bridgehead atoms. The maximum Gasteiger partial charge on any atom is 0.339 e. The number of carboxylic acids is 1. The minimum atomic E-state index is -0.989. The summed E-state index contributed by atoms with van der Waals surface area (Å²) in [6.07, 6.45) is 1.79. The SMILES string of the molecule is CNC(=O)C1CCCN1Cc1cc(C(=O)O)c(C)o1. The number of rotatable bonds is 4. The van der Waals surface area contributed by atoms with Gasteiger partial charge in [0.25, 0.3) is 0 Å². The van der Waals surface area contributed by atoms with Gasteiger partial charge in [0, 0.05) is 7.05 Å². The second kappa shape index (κ2) is 5.44. The molecule has 2 heterocycles. The van der Waals surface area contributed by atoms with Crippen LogP contribution in [-0.2, 0) is 11.3 Å². The third-order valence-corrected chi connectivity index (χ3v) is 3.47. The number of hydrogen-bond donors (Lipinski definition) is 2. The summed E-state index contributed by atoms with van der Waals surface area (Å²) >= 11 is 0. The van der Waals surface area contributed by atoms with Crippen molar-refractivity contribution in [3.63, 3.8) is 0 Å². The monoisotopic (exact) mass is 266 g/mol. The molecule has 1 atom stereocenters. The molecule has 1 unspecified atom stereocenters. The van der Waals surface area contributed by atoms with Crippen molar-refractivity contribution in [3.8, 4) is 0 Å². The zero-order valence-electron chi connectivity index (χ0n) is 11.1. The average Bonchev–Trinajstić information content (AvgIpc) is 2.95. The lowest BCUT2D eigenvalue weighted by Crippen LogP contribution is -2.41. The number of amides is 1. The Labute approximate surface area is 111 Å². The summed E-state index contributed by atoms with van der Waals surface area (Å²) in [7, 11) is 1.62. The highest BCUT2D eigenvalue weighted by Crippen LogP contribution is 2.22. The molecule has 1 aliphatic heterocycles. The lowest BCUT2D eigenvalue weighted by molar-refractivity contribution is -0.125. The predicted molar refractivity (Wildman–Crippen MR) is 67.9 cm³/mol. The fraction of sp³-hybridized carbons (Fsp3) is 0.538. The second-order valence-corrected chi connectivity index (χ2v) is 4.73. The van der Waals surface area contributed by atoms with Crippen LogP contribution in [0.4, 0.5) is 0 Å². The summed E-state index contributed by atoms with van der Waals surface area (Å²) in [5, 5.41) is 11.6. The molecule has 0 aliphatic carbocycles. The quantitative estimate of drug-likeness (QED) is 0.849. The first-order chi connectivity index (χ1) is 9.02. The van der Waals surface area contributed by atoms with Gasteiger partial charge in [-0.1, -0.05) is 0 Å². The van der Waals surface area contributed by atoms with Gasteiger partial charge in [-0.3, -0.25) is 9.69 Å². The molecule has 6 nitrogen and oxygen atoms in total. The zero-order chi connectivity index (χ0) is 14.0. The number of carboxylic acid groups (broad SMARTS) is 1. The average molecular weight is 266 g/mol. The van der Waals surface area contributed by atoms with Gasteiger partial charge in [-0.15, -0.1) is 0 Å². The molecule has 0 saturated carbocycles. The van der Waals surface area contributed by atoms with Crippen LogP contribution in [0.15, 0.2) is 10.5 Å². The number of hydrogen-bond acceptors (Lipinski definition) is 4. The largest absolute Gasteiger partial charge is 0.478 e. The minimum Gasteiger partial charge on any atom is -0.478 e. The van der Waals surface area contributed by atoms with Crippen LogP contribution in [-0.4, -0.2) is 41.5 Å². The smallest absolute Gasteiger partial charge is 0.339 e. The van der Waals surface area contributed by atoms with Gasteiger partial charge in [0.05, 0.1) is 12.6 Å². The standard InChI is InChI=1S/C13H18N2O4/c1-8-10(13(17)18)6-9(19-8)7-15-5-3-4-11(15)12(16)14-2/h6,11H,3-5,7H2,1-2H3,(H,14,16)(H,17,18). The van der Waals surface area contributed by atoms with Gasteiger partial charge in [-0.25, -0.2) is 4.79 Å². The van der Waals surface area contributed by atoms with Crippen LogP contribution in [0.2, 0.25) is 0 Å². The molecule has 1 fully saturated rings. The Morgan fingerprint density at radius 2 is 2.32 bits per heavy atom. The number of likely N-dealkylation sites (N-methyl/N-ethyl adjacent to an activating group) is 1. The van der Waals surface area contributed by atoms with Crippen LogP contribution in [0.1, 0.15) is 34.7 Å². The van der Waals surface area contributed by atoms with Crippen LogP contribution in [0.5, 0.6) is 0 Å². The fourth-order valence-corrected chi connectivity index (χ4v) is 2.51. The van der Waals surface area contributed by atoms with Gasteiger partial charge in [0.1, 0.15) is 17.1 Å². The molecule has 19 heavy (non-hydrogen) atoms. The first-order valence-electron chi connectivity index (χ1n) is 6.31. The number of aryl methyl sites for hydroxylation is 1. The molecular weight excluding hydrogens is 248 g/mol. The number of aromatic carboxylic acids is 1. The van der Waals surface area contributed by atoms with E-state index in [1.54, 1.807) is 14.0 Å². The van der Waals surface area contributed by atoms with E-state index in [1.807, 2.05) is 4.90 Å². The maximum absolute atomic E-state index is 11.7. The molecule has 2 rings (SSSR count). The Balaban J connectivity index is 2.10. The van der Waals surface area contributed by atoms with Gasteiger partial charge >= 0.3 is 5.97 Å². The third kappa shape index (κ3) is 2.78. The van der Waals surface area contributed by atoms with Gasteiger partial charge in [-0.05, 0) is 32.4 Å². The minimum absolute atomic E-state index is 0.000707. The predicted octanol–water partition coefficient (Wildman–Crippen LogP) is 0.997. The Kier molecular flexibility index (Phi) is 3.90. The van der Waals surface area contributed by atoms with Crippen LogP contribution in [0, 0.1) is 6.92 Å². The van der Waals surface area contributed by atoms with Gasteiger partial charge < -0.3 is 14.8 Å². The zero-order valence-corrected chi connectivity index (χ0v) is 11.1. The molecule has 0 spiro atoms. The number of likely N-dealkylation sites (tertiary alicyclic amines) is 1. The highest BCUT2D eigenvalue weighted by Gasteiger charge is 2.30. The van der Waals surface area contributed by atoms with E-state index in [1.165, 1.54) is 6.07 Å². The number of nitrogens with one attached hydrogen (secondary N) is 1. The van der Waals surface area contributed by atoms with E-state index in [0.717, 1.165) is 19.4 Å². The lowest BCUT2D eigenvalue weighted by Gasteiger charge is -2.21. The van der Waals surface area contributed by atoms with Crippen molar-refractivity contribution in [3.05, 3.63) is 23.2 Å². The summed E-state index contributed by atoms with van der Waals surface area (Å²) < 4.78 is 5.45. The van der Waals surface area contributed by atoms with Gasteiger partial charge in [0.15, 0.2) is 0 Å². The Hall–Kier alpha value is -1.82. The van der Waals surface area contributed by atoms with E-state index in [-0.39, 0.29) is 17.5 Å². The summed E-state index contributed by atoms with van der Waals surface area (Å²) in [4.78, 5) is 24.7. The van der Waals surface area contributed by atoms with Crippen molar-refractivity contribution in [2.75, 3.05) is 13.6 Å². The number of carbonyl (C=O) groups is 2. The summed E-state index contributed by atoms with van der Waals surface area (Å²) in [6, 6.07) is 1.39. The number of carbonyl (C=O) groups excluding carboxylic acids is 1. The van der Waals surface area contributed by atoms with E-state index in [9.17, 15) is 9.59 Å². The Morgan fingerprint density at radius 3 is 2.89 bits per heavy atom. The highest BCUT2D eigenvalue weighted by atomic mass is 16.4. The number of nitrogens with zero attached hydrogens (tertiary/aromatic N) is 1. The first-order valence-corrected chi connectivity index (χ1v) is 6.31. The van der Waals surface area contributed by atoms with E-state index >= 15 is 0 Å². The van der Waals surface area contributed by atoms with Crippen molar-refractivity contribution >= 4 is 11.9 Å². The maximum atomic E-state index is 11.7. The van der Waals surface area contributed by atoms with E-state index < -0.39 is 5.97 Å². The normalized spacial score (nSPS) is 19.6. The van der Waals surface area contributed by atoms with Crippen molar-refractivity contribution in [1.29, 1.82) is 0 Å². The highest BCUT2D eigenvalue weighted by molar-refractivity contribution is 5.88. The molecule has 6 heteroatoms. The Bertz CT molecular complexity index is 495. The van der Waals surface area contributed by atoms with Crippen LogP contribution < -0.4 is 5.32 Å². The second-order valence-electron chi connectivity index (χ2n) is 4.73. The molecule has 2 N–H and O–H groups in total. The van der Waals surface area contributed by atoms with Gasteiger partial charge in [0.2, 0.25) is 5.91 Å². The van der Waals surface area contributed by atoms with E-state index in [2.05, 4.69) is 5.32 Å². The third-order valence-electron chi connectivity index (χ3n) is 3.47. The molecule has 1 aromatic rings. The molecule has 1 aromatic heterocycles. The molecule has 1 aliphatic rings.